The van der Waals surface area contributed by atoms with Crippen LogP contribution in [-0.2, 0) is 13.1 Å². The Morgan fingerprint density at radius 3 is 2.36 bits per heavy atom. The zero-order chi connectivity index (χ0) is 19.3. The van der Waals surface area contributed by atoms with E-state index in [1.165, 1.54) is 4.57 Å². The third-order valence-electron chi connectivity index (χ3n) is 5.00. The topological polar surface area (TPSA) is 63.4 Å². The Labute approximate surface area is 167 Å². The summed E-state index contributed by atoms with van der Waals surface area (Å²) in [6.45, 7) is 5.31. The van der Waals surface area contributed by atoms with Gasteiger partial charge in [-0.1, -0.05) is 36.4 Å². The first-order chi connectivity index (χ1) is 13.7. The van der Waals surface area contributed by atoms with E-state index in [1.54, 1.807) is 3.96 Å². The Morgan fingerprint density at radius 1 is 0.893 bits per heavy atom. The summed E-state index contributed by atoms with van der Waals surface area (Å²) in [7, 11) is 0. The van der Waals surface area contributed by atoms with Crippen LogP contribution >= 0.6 is 11.5 Å². The van der Waals surface area contributed by atoms with Gasteiger partial charge in [0.1, 0.15) is 5.82 Å². The van der Waals surface area contributed by atoms with E-state index in [2.05, 4.69) is 14.8 Å². The highest BCUT2D eigenvalue weighted by Gasteiger charge is 2.18. The minimum Gasteiger partial charge on any atom is -0.354 e. The molecule has 7 nitrogen and oxygen atoms in total. The first-order valence-corrected chi connectivity index (χ1v) is 10.2. The third kappa shape index (κ3) is 4.23. The predicted octanol–water partition coefficient (Wildman–Crippen LogP) is 1.34. The fourth-order valence-electron chi connectivity index (χ4n) is 3.41. The van der Waals surface area contributed by atoms with Crippen molar-refractivity contribution in [1.29, 1.82) is 0 Å². The van der Waals surface area contributed by atoms with Crippen LogP contribution in [0.2, 0.25) is 0 Å². The maximum Gasteiger partial charge on any atom is 0.341 e. The van der Waals surface area contributed by atoms with Gasteiger partial charge >= 0.3 is 10.6 Å². The average molecular weight is 398 g/mol. The van der Waals surface area contributed by atoms with Crippen molar-refractivity contribution in [2.75, 3.05) is 37.6 Å². The number of nitrogens with zero attached hydrogens (tertiary/aromatic N) is 5. The fourth-order valence-corrected chi connectivity index (χ4v) is 4.19. The second kappa shape index (κ2) is 8.53. The summed E-state index contributed by atoms with van der Waals surface area (Å²) in [6, 6.07) is 15.6. The van der Waals surface area contributed by atoms with Crippen molar-refractivity contribution >= 4 is 17.4 Å². The molecule has 4 rings (SSSR count). The van der Waals surface area contributed by atoms with E-state index in [9.17, 15) is 9.59 Å². The highest BCUT2D eigenvalue weighted by molar-refractivity contribution is 7.03. The lowest BCUT2D eigenvalue weighted by Gasteiger charge is -2.35. The van der Waals surface area contributed by atoms with Crippen LogP contribution in [0.1, 0.15) is 5.56 Å². The molecular formula is C20H23N5O2S. The standard InChI is InChI=1S/C20H23N5O2S/c26-19-24(16-17-6-2-1-3-7-17)20(27)28-25(19)15-12-22-10-13-23(14-11-22)18-8-4-5-9-21-18/h1-9H,10-16H2. The second-order valence-corrected chi connectivity index (χ2v) is 7.80. The molecule has 0 amide bonds. The molecule has 0 N–H and O–H groups in total. The lowest BCUT2D eigenvalue weighted by molar-refractivity contribution is 0.249. The van der Waals surface area contributed by atoms with Gasteiger partial charge in [0.15, 0.2) is 0 Å². The van der Waals surface area contributed by atoms with E-state index < -0.39 is 0 Å². The van der Waals surface area contributed by atoms with Gasteiger partial charge in [-0.05, 0) is 17.7 Å². The van der Waals surface area contributed by atoms with Crippen LogP contribution in [0.3, 0.4) is 0 Å². The van der Waals surface area contributed by atoms with Gasteiger partial charge in [0.05, 0.1) is 13.1 Å². The molecule has 0 bridgehead atoms. The van der Waals surface area contributed by atoms with Crippen molar-refractivity contribution in [2.45, 2.75) is 13.1 Å². The SMILES string of the molecule is O=c1sn(CCN2CCN(c3ccccn3)CC2)c(=O)n1Cc1ccccc1. The van der Waals surface area contributed by atoms with Crippen LogP contribution in [0.25, 0.3) is 0 Å². The summed E-state index contributed by atoms with van der Waals surface area (Å²) in [4.78, 5) is 33.7. The molecule has 1 aliphatic heterocycles. The van der Waals surface area contributed by atoms with E-state index in [0.29, 0.717) is 13.1 Å². The van der Waals surface area contributed by atoms with Crippen molar-refractivity contribution in [2.24, 2.45) is 0 Å². The van der Waals surface area contributed by atoms with Crippen LogP contribution < -0.4 is 15.5 Å². The molecule has 1 aliphatic rings. The predicted molar refractivity (Wildman–Crippen MR) is 111 cm³/mol. The normalized spacial score (nSPS) is 15.1. The maximum absolute atomic E-state index is 12.6. The number of hydrogen-bond acceptors (Lipinski definition) is 6. The fraction of sp³-hybridized carbons (Fsp3) is 0.350. The first-order valence-electron chi connectivity index (χ1n) is 9.44. The first kappa shape index (κ1) is 18.6. The smallest absolute Gasteiger partial charge is 0.341 e. The number of benzene rings is 1. The van der Waals surface area contributed by atoms with Gasteiger partial charge in [-0.2, -0.15) is 0 Å². The average Bonchev–Trinajstić information content (AvgIpc) is 3.01. The molecule has 0 aliphatic carbocycles. The minimum atomic E-state index is -0.217. The number of aromatic nitrogens is 3. The van der Waals surface area contributed by atoms with Crippen LogP contribution in [0.15, 0.2) is 64.3 Å². The molecule has 3 heterocycles. The number of rotatable bonds is 6. The summed E-state index contributed by atoms with van der Waals surface area (Å²) in [6.07, 6.45) is 1.82. The second-order valence-electron chi connectivity index (χ2n) is 6.83. The largest absolute Gasteiger partial charge is 0.354 e. The minimum absolute atomic E-state index is 0.200. The van der Waals surface area contributed by atoms with Crippen LogP contribution in [0, 0.1) is 0 Å². The molecule has 8 heteroatoms. The molecule has 146 valence electrons. The number of pyridine rings is 1. The van der Waals surface area contributed by atoms with Gasteiger partial charge in [0.2, 0.25) is 0 Å². The van der Waals surface area contributed by atoms with Gasteiger partial charge in [-0.15, -0.1) is 0 Å². The van der Waals surface area contributed by atoms with E-state index in [1.807, 2.05) is 54.7 Å². The number of hydrogen-bond donors (Lipinski definition) is 0. The lowest BCUT2D eigenvalue weighted by Crippen LogP contribution is -2.47. The van der Waals surface area contributed by atoms with Gasteiger partial charge in [-0.3, -0.25) is 9.69 Å². The molecular weight excluding hydrogens is 374 g/mol. The Kier molecular flexibility index (Phi) is 5.68. The van der Waals surface area contributed by atoms with Crippen LogP contribution in [0.4, 0.5) is 5.82 Å². The molecule has 0 saturated carbocycles. The van der Waals surface area contributed by atoms with E-state index in [0.717, 1.165) is 55.6 Å². The van der Waals surface area contributed by atoms with Crippen molar-refractivity contribution < 1.29 is 0 Å². The van der Waals surface area contributed by atoms with Crippen LogP contribution in [0.5, 0.6) is 0 Å². The summed E-state index contributed by atoms with van der Waals surface area (Å²) in [5, 5.41) is 0. The van der Waals surface area contributed by atoms with Gasteiger partial charge in [0, 0.05) is 50.5 Å². The van der Waals surface area contributed by atoms with Gasteiger partial charge in [0.25, 0.3) is 0 Å². The Bertz CT molecular complexity index is 1000. The van der Waals surface area contributed by atoms with Gasteiger partial charge in [-0.25, -0.2) is 18.3 Å². The molecule has 0 unspecified atom stereocenters. The molecule has 1 saturated heterocycles. The lowest BCUT2D eigenvalue weighted by atomic mass is 10.2. The van der Waals surface area contributed by atoms with Gasteiger partial charge < -0.3 is 4.90 Å². The van der Waals surface area contributed by atoms with Crippen molar-refractivity contribution in [3.8, 4) is 0 Å². The van der Waals surface area contributed by atoms with Crippen molar-refractivity contribution in [3.63, 3.8) is 0 Å². The molecule has 0 radical (unpaired) electrons. The summed E-state index contributed by atoms with van der Waals surface area (Å²) in [5.41, 5.74) is 0.739. The van der Waals surface area contributed by atoms with E-state index in [-0.39, 0.29) is 10.6 Å². The Hall–Kier alpha value is -2.71. The summed E-state index contributed by atoms with van der Waals surface area (Å²) >= 11 is 1.01. The quantitative estimate of drug-likeness (QED) is 0.628. The Morgan fingerprint density at radius 2 is 1.64 bits per heavy atom. The number of anilines is 1. The highest BCUT2D eigenvalue weighted by Crippen LogP contribution is 2.12. The summed E-state index contributed by atoms with van der Waals surface area (Å²) in [5.74, 6) is 1.01. The zero-order valence-electron chi connectivity index (χ0n) is 15.6. The van der Waals surface area contributed by atoms with E-state index in [4.69, 9.17) is 0 Å². The maximum atomic E-state index is 12.6. The molecule has 28 heavy (non-hydrogen) atoms. The van der Waals surface area contributed by atoms with Crippen LogP contribution in [-0.4, -0.2) is 51.1 Å². The van der Waals surface area contributed by atoms with E-state index >= 15 is 0 Å². The molecule has 1 fully saturated rings. The highest BCUT2D eigenvalue weighted by atomic mass is 32.1. The van der Waals surface area contributed by atoms with Crippen molar-refractivity contribution in [1.82, 2.24) is 18.4 Å². The molecule has 2 aromatic heterocycles. The third-order valence-corrected chi connectivity index (χ3v) is 5.94. The molecule has 0 spiro atoms. The molecule has 1 aromatic carbocycles. The number of piperazine rings is 1. The monoisotopic (exact) mass is 397 g/mol. The van der Waals surface area contributed by atoms with Crippen molar-refractivity contribution in [3.05, 3.63) is 80.4 Å². The zero-order valence-corrected chi connectivity index (χ0v) is 16.4. The molecule has 3 aromatic rings. The Balaban J connectivity index is 1.34. The summed E-state index contributed by atoms with van der Waals surface area (Å²) < 4.78 is 2.90. The molecule has 0 atom stereocenters.